The molecule has 0 aliphatic carbocycles. The molecule has 0 bridgehead atoms. The van der Waals surface area contributed by atoms with Gasteiger partial charge in [0.25, 0.3) is 5.91 Å². The first-order valence-electron chi connectivity index (χ1n) is 15.8. The smallest absolute Gasteiger partial charge is 0.305 e. The highest BCUT2D eigenvalue weighted by molar-refractivity contribution is 7.13. The summed E-state index contributed by atoms with van der Waals surface area (Å²) in [5.41, 5.74) is 3.23. The molecule has 0 spiro atoms. The van der Waals surface area contributed by atoms with Crippen LogP contribution in [0.1, 0.15) is 76.9 Å². The topological polar surface area (TPSA) is 104 Å². The molecule has 44 heavy (non-hydrogen) atoms. The Morgan fingerprint density at radius 1 is 1.02 bits per heavy atom. The fraction of sp³-hybridized carbons (Fsp3) is 0.545. The number of carbonyl (C=O) groups excluding carboxylic acids is 2. The van der Waals surface area contributed by atoms with Crippen LogP contribution in [0, 0.1) is 6.92 Å². The number of likely N-dealkylation sites (N-methyl/N-ethyl adjacent to an activating group) is 1. The summed E-state index contributed by atoms with van der Waals surface area (Å²) < 4.78 is 5.57. The van der Waals surface area contributed by atoms with Gasteiger partial charge in [0.15, 0.2) is 5.13 Å². The van der Waals surface area contributed by atoms with E-state index in [9.17, 15) is 9.59 Å². The minimum atomic E-state index is -0.157. The van der Waals surface area contributed by atoms with Crippen molar-refractivity contribution in [1.82, 2.24) is 24.8 Å². The van der Waals surface area contributed by atoms with Crippen molar-refractivity contribution in [3.05, 3.63) is 47.0 Å². The predicted octanol–water partition coefficient (Wildman–Crippen LogP) is 6.16. The van der Waals surface area contributed by atoms with Crippen LogP contribution in [0.5, 0.6) is 0 Å². The van der Waals surface area contributed by atoms with Crippen LogP contribution in [0.3, 0.4) is 0 Å². The molecule has 10 nitrogen and oxygen atoms in total. The Bertz CT molecular complexity index is 1380. The second kappa shape index (κ2) is 15.4. The van der Waals surface area contributed by atoms with Gasteiger partial charge in [-0.25, -0.2) is 9.97 Å². The molecule has 0 radical (unpaired) electrons. The summed E-state index contributed by atoms with van der Waals surface area (Å²) in [5, 5.41) is 5.98. The molecular formula is C33H47N7O3S. The van der Waals surface area contributed by atoms with E-state index in [1.54, 1.807) is 0 Å². The molecule has 0 unspecified atom stereocenters. The lowest BCUT2D eigenvalue weighted by Crippen LogP contribution is -2.44. The monoisotopic (exact) mass is 621 g/mol. The highest BCUT2D eigenvalue weighted by Crippen LogP contribution is 2.28. The maximum atomic E-state index is 13.4. The molecule has 1 aromatic carbocycles. The molecule has 11 heteroatoms. The number of benzene rings is 1. The number of nitrogens with one attached hydrogen (secondary N) is 1. The SMILES string of the molecule is CCC(=O)OC1CCN(c2cc(-c3ccc(C(=O)N(CC)CCN(C(C)C)C(C)C)cc3)nc(Nc3nc(C)cs3)n2)CC1. The van der Waals surface area contributed by atoms with Gasteiger partial charge in [0, 0.05) is 86.6 Å². The molecule has 1 saturated heterocycles. The third kappa shape index (κ3) is 8.75. The van der Waals surface area contributed by atoms with Crippen LogP contribution in [0.25, 0.3) is 11.3 Å². The molecule has 1 N–H and O–H groups in total. The first-order chi connectivity index (χ1) is 21.1. The van der Waals surface area contributed by atoms with E-state index in [0.717, 1.165) is 60.4 Å². The van der Waals surface area contributed by atoms with Crippen LogP contribution in [-0.2, 0) is 9.53 Å². The zero-order chi connectivity index (χ0) is 31.8. The van der Waals surface area contributed by atoms with E-state index in [0.29, 0.717) is 43.1 Å². The molecule has 238 valence electrons. The lowest BCUT2D eigenvalue weighted by atomic mass is 10.1. The average molecular weight is 622 g/mol. The lowest BCUT2D eigenvalue weighted by Gasteiger charge is -2.33. The van der Waals surface area contributed by atoms with Crippen molar-refractivity contribution in [1.29, 1.82) is 0 Å². The maximum absolute atomic E-state index is 13.4. The summed E-state index contributed by atoms with van der Waals surface area (Å²) in [6.07, 6.45) is 1.81. The molecule has 1 aliphatic rings. The van der Waals surface area contributed by atoms with E-state index >= 15 is 0 Å². The van der Waals surface area contributed by atoms with Gasteiger partial charge in [-0.1, -0.05) is 19.1 Å². The largest absolute Gasteiger partial charge is 0.462 e. The van der Waals surface area contributed by atoms with Crippen LogP contribution in [0.4, 0.5) is 16.9 Å². The Balaban J connectivity index is 1.53. The van der Waals surface area contributed by atoms with E-state index in [-0.39, 0.29) is 18.0 Å². The van der Waals surface area contributed by atoms with Gasteiger partial charge in [-0.15, -0.1) is 11.3 Å². The number of esters is 1. The highest BCUT2D eigenvalue weighted by Gasteiger charge is 2.24. The van der Waals surface area contributed by atoms with Crippen LogP contribution in [-0.4, -0.2) is 87.5 Å². The van der Waals surface area contributed by atoms with Crippen LogP contribution < -0.4 is 10.2 Å². The van der Waals surface area contributed by atoms with Crippen LogP contribution in [0.15, 0.2) is 35.7 Å². The van der Waals surface area contributed by atoms with Crippen molar-refractivity contribution in [2.45, 2.75) is 85.9 Å². The Labute approximate surface area is 265 Å². The quantitative estimate of drug-likeness (QED) is 0.225. The summed E-state index contributed by atoms with van der Waals surface area (Å²) in [5.74, 6) is 1.13. The Kier molecular flexibility index (Phi) is 11.7. The summed E-state index contributed by atoms with van der Waals surface area (Å²) in [6, 6.07) is 10.5. The van der Waals surface area contributed by atoms with E-state index in [1.807, 2.05) is 61.4 Å². The number of hydrogen-bond donors (Lipinski definition) is 1. The van der Waals surface area contributed by atoms with E-state index < -0.39 is 0 Å². The summed E-state index contributed by atoms with van der Waals surface area (Å²) in [7, 11) is 0. The second-order valence-corrected chi connectivity index (χ2v) is 12.6. The van der Waals surface area contributed by atoms with Gasteiger partial charge in [-0.2, -0.15) is 4.98 Å². The number of amides is 1. The zero-order valence-electron chi connectivity index (χ0n) is 27.2. The molecule has 1 amide bonds. The molecule has 1 fully saturated rings. The van der Waals surface area contributed by atoms with Gasteiger partial charge in [-0.3, -0.25) is 19.8 Å². The number of aryl methyl sites for hydroxylation is 1. The molecule has 0 saturated carbocycles. The van der Waals surface area contributed by atoms with Crippen molar-refractivity contribution in [3.8, 4) is 11.3 Å². The van der Waals surface area contributed by atoms with Crippen molar-refractivity contribution < 1.29 is 14.3 Å². The number of anilines is 3. The summed E-state index contributed by atoms with van der Waals surface area (Å²) >= 11 is 1.50. The normalized spacial score (nSPS) is 14.0. The number of hydrogen-bond acceptors (Lipinski definition) is 10. The Hall–Kier alpha value is -3.57. The third-order valence-corrected chi connectivity index (χ3v) is 8.83. The Morgan fingerprint density at radius 2 is 1.70 bits per heavy atom. The number of aromatic nitrogens is 3. The molecule has 3 heterocycles. The highest BCUT2D eigenvalue weighted by atomic mass is 32.1. The minimum Gasteiger partial charge on any atom is -0.462 e. The molecule has 3 aromatic rings. The van der Waals surface area contributed by atoms with Gasteiger partial charge < -0.3 is 14.5 Å². The molecule has 2 aromatic heterocycles. The number of thiazole rings is 1. The standard InChI is InChI=1S/C33H47N7O3S/c1-8-30(41)43-27-14-16-39(17-15-27)29-20-28(35-32(36-29)37-33-34-24(7)21-44-33)25-10-12-26(13-11-25)31(42)38(9-2)18-19-40(22(3)4)23(5)6/h10-13,20-23,27H,8-9,14-19H2,1-7H3,(H,34,35,36,37). The van der Waals surface area contributed by atoms with Gasteiger partial charge in [0.05, 0.1) is 11.4 Å². The number of rotatable bonds is 13. The first-order valence-corrected chi connectivity index (χ1v) is 16.6. The fourth-order valence-corrected chi connectivity index (χ4v) is 6.18. The van der Waals surface area contributed by atoms with E-state index in [1.165, 1.54) is 11.3 Å². The van der Waals surface area contributed by atoms with Gasteiger partial charge in [-0.05, 0) is 53.7 Å². The molecule has 0 atom stereocenters. The second-order valence-electron chi connectivity index (χ2n) is 11.8. The van der Waals surface area contributed by atoms with Crippen LogP contribution >= 0.6 is 11.3 Å². The van der Waals surface area contributed by atoms with Crippen molar-refractivity contribution >= 4 is 40.1 Å². The van der Waals surface area contributed by atoms with E-state index in [4.69, 9.17) is 14.7 Å². The van der Waals surface area contributed by atoms with E-state index in [2.05, 4.69) is 47.8 Å². The first kappa shape index (κ1) is 33.3. The zero-order valence-corrected chi connectivity index (χ0v) is 28.0. The number of piperidine rings is 1. The van der Waals surface area contributed by atoms with Crippen molar-refractivity contribution in [2.75, 3.05) is 42.9 Å². The van der Waals surface area contributed by atoms with Gasteiger partial charge >= 0.3 is 5.97 Å². The van der Waals surface area contributed by atoms with Gasteiger partial charge in [0.1, 0.15) is 11.9 Å². The molecule has 1 aliphatic heterocycles. The molecule has 4 rings (SSSR count). The number of carbonyl (C=O) groups is 2. The number of nitrogens with zero attached hydrogens (tertiary/aromatic N) is 6. The maximum Gasteiger partial charge on any atom is 0.305 e. The van der Waals surface area contributed by atoms with Crippen molar-refractivity contribution in [3.63, 3.8) is 0 Å². The van der Waals surface area contributed by atoms with Crippen LogP contribution in [0.2, 0.25) is 0 Å². The predicted molar refractivity (Wildman–Crippen MR) is 178 cm³/mol. The average Bonchev–Trinajstić information content (AvgIpc) is 3.42. The summed E-state index contributed by atoms with van der Waals surface area (Å²) in [4.78, 5) is 45.9. The number of ether oxygens (including phenoxy) is 1. The Morgan fingerprint density at radius 3 is 2.27 bits per heavy atom. The third-order valence-electron chi connectivity index (χ3n) is 7.95. The van der Waals surface area contributed by atoms with Crippen molar-refractivity contribution in [2.24, 2.45) is 0 Å². The minimum absolute atomic E-state index is 0.0306. The fourth-order valence-electron chi connectivity index (χ4n) is 5.50. The molecular weight excluding hydrogens is 574 g/mol. The summed E-state index contributed by atoms with van der Waals surface area (Å²) in [6.45, 7) is 18.2. The van der Waals surface area contributed by atoms with Gasteiger partial charge in [0.2, 0.25) is 5.95 Å². The lowest BCUT2D eigenvalue weighted by molar-refractivity contribution is -0.149.